The number of sulfone groups is 1. The summed E-state index contributed by atoms with van der Waals surface area (Å²) in [5, 5.41) is 0. The summed E-state index contributed by atoms with van der Waals surface area (Å²) >= 11 is 5.56. The van der Waals surface area contributed by atoms with Crippen LogP contribution in [-0.4, -0.2) is 43.9 Å². The molecule has 1 saturated heterocycles. The molecule has 1 aliphatic rings. The van der Waals surface area contributed by atoms with Gasteiger partial charge in [0, 0.05) is 6.04 Å². The summed E-state index contributed by atoms with van der Waals surface area (Å²) in [6.07, 6.45) is 0.728. The zero-order chi connectivity index (χ0) is 8.48. The quantitative estimate of drug-likeness (QED) is 0.472. The molecule has 0 spiro atoms. The highest BCUT2D eigenvalue weighted by atomic mass is 35.5. The van der Waals surface area contributed by atoms with Crippen LogP contribution in [0.4, 0.5) is 0 Å². The van der Waals surface area contributed by atoms with Gasteiger partial charge in [0.2, 0.25) is 0 Å². The summed E-state index contributed by atoms with van der Waals surface area (Å²) in [5.74, 6) is 0.592. The minimum atomic E-state index is -2.75. The van der Waals surface area contributed by atoms with Crippen molar-refractivity contribution in [1.29, 1.82) is 0 Å². The summed E-state index contributed by atoms with van der Waals surface area (Å²) in [5.41, 5.74) is 0. The van der Waals surface area contributed by atoms with E-state index in [9.17, 15) is 8.42 Å². The number of hydrogen-bond acceptors (Lipinski definition) is 3. The van der Waals surface area contributed by atoms with Crippen LogP contribution in [0.5, 0.6) is 0 Å². The van der Waals surface area contributed by atoms with Crippen molar-refractivity contribution in [1.82, 2.24) is 4.90 Å². The molecule has 0 aromatic carbocycles. The number of alkyl halides is 1. The molecule has 3 nitrogen and oxygen atoms in total. The SMILES string of the molecule is CN(CCl)C1CCS(=O)(=O)C1. The maximum absolute atomic E-state index is 11.0. The third-order valence-corrected chi connectivity index (χ3v) is 4.15. The molecule has 1 rings (SSSR count). The Hall–Kier alpha value is 0.200. The molecule has 1 atom stereocenters. The first kappa shape index (κ1) is 9.29. The van der Waals surface area contributed by atoms with Gasteiger partial charge in [-0.1, -0.05) is 0 Å². The average Bonchev–Trinajstić information content (AvgIpc) is 2.29. The van der Waals surface area contributed by atoms with Gasteiger partial charge in [0.1, 0.15) is 0 Å². The Morgan fingerprint density at radius 3 is 2.64 bits per heavy atom. The molecule has 0 radical (unpaired) electrons. The summed E-state index contributed by atoms with van der Waals surface area (Å²) in [4.78, 5) is 1.87. The predicted molar refractivity (Wildman–Crippen MR) is 45.5 cm³/mol. The highest BCUT2D eigenvalue weighted by Crippen LogP contribution is 2.16. The minimum Gasteiger partial charge on any atom is -0.289 e. The highest BCUT2D eigenvalue weighted by molar-refractivity contribution is 7.91. The second-order valence-electron chi connectivity index (χ2n) is 2.93. The van der Waals surface area contributed by atoms with Gasteiger partial charge in [-0.2, -0.15) is 0 Å². The minimum absolute atomic E-state index is 0.137. The third-order valence-electron chi connectivity index (χ3n) is 2.02. The lowest BCUT2D eigenvalue weighted by Gasteiger charge is -2.18. The molecule has 0 bridgehead atoms. The smallest absolute Gasteiger partial charge is 0.151 e. The Morgan fingerprint density at radius 2 is 2.27 bits per heavy atom. The van der Waals surface area contributed by atoms with Gasteiger partial charge in [0.15, 0.2) is 9.84 Å². The Kier molecular flexibility index (Phi) is 2.78. The van der Waals surface area contributed by atoms with E-state index in [-0.39, 0.29) is 11.8 Å². The molecule has 0 aromatic rings. The number of rotatable bonds is 2. The lowest BCUT2D eigenvalue weighted by molar-refractivity contribution is 0.304. The largest absolute Gasteiger partial charge is 0.289 e. The van der Waals surface area contributed by atoms with Crippen molar-refractivity contribution in [3.63, 3.8) is 0 Å². The van der Waals surface area contributed by atoms with Gasteiger partial charge in [-0.15, -0.1) is 11.6 Å². The first-order chi connectivity index (χ1) is 5.05. The topological polar surface area (TPSA) is 37.4 Å². The zero-order valence-corrected chi connectivity index (χ0v) is 8.03. The highest BCUT2D eigenvalue weighted by Gasteiger charge is 2.29. The second kappa shape index (κ2) is 3.29. The Bertz CT molecular complexity index is 227. The lowest BCUT2D eigenvalue weighted by Crippen LogP contribution is -2.31. The molecule has 0 amide bonds. The van der Waals surface area contributed by atoms with Crippen LogP contribution in [-0.2, 0) is 9.84 Å². The molecule has 0 N–H and O–H groups in total. The van der Waals surface area contributed by atoms with Crippen molar-refractivity contribution in [3.8, 4) is 0 Å². The molecule has 1 fully saturated rings. The first-order valence-electron chi connectivity index (χ1n) is 3.52. The van der Waals surface area contributed by atoms with Crippen molar-refractivity contribution < 1.29 is 8.42 Å². The van der Waals surface area contributed by atoms with E-state index < -0.39 is 9.84 Å². The summed E-state index contributed by atoms with van der Waals surface area (Å²) in [6.45, 7) is 0. The normalized spacial score (nSPS) is 29.5. The maximum Gasteiger partial charge on any atom is 0.151 e. The molecule has 0 saturated carbocycles. The van der Waals surface area contributed by atoms with Crippen molar-refractivity contribution in [3.05, 3.63) is 0 Å². The molecule has 1 heterocycles. The van der Waals surface area contributed by atoms with Crippen molar-refractivity contribution in [2.45, 2.75) is 12.5 Å². The van der Waals surface area contributed by atoms with E-state index >= 15 is 0 Å². The van der Waals surface area contributed by atoms with Crippen molar-refractivity contribution >= 4 is 21.4 Å². The van der Waals surface area contributed by atoms with Crippen molar-refractivity contribution in [2.75, 3.05) is 24.6 Å². The Labute approximate surface area is 72.2 Å². The summed E-state index contributed by atoms with van der Waals surface area (Å²) in [7, 11) is -0.905. The molecule has 1 unspecified atom stereocenters. The summed E-state index contributed by atoms with van der Waals surface area (Å²) in [6, 6.07) is 0.540. The molecule has 66 valence electrons. The van der Waals surface area contributed by atoms with E-state index in [2.05, 4.69) is 0 Å². The van der Waals surface area contributed by atoms with Gasteiger partial charge in [-0.05, 0) is 13.5 Å². The van der Waals surface area contributed by atoms with Crippen LogP contribution >= 0.6 is 11.6 Å². The van der Waals surface area contributed by atoms with E-state index in [1.165, 1.54) is 0 Å². The van der Waals surface area contributed by atoms with E-state index in [4.69, 9.17) is 11.6 Å². The Balaban J connectivity index is 2.55. The second-order valence-corrected chi connectivity index (χ2v) is 5.40. The van der Waals surface area contributed by atoms with Crippen LogP contribution in [0.25, 0.3) is 0 Å². The van der Waals surface area contributed by atoms with E-state index in [1.54, 1.807) is 0 Å². The molecule has 0 aromatic heterocycles. The average molecular weight is 198 g/mol. The molecular weight excluding hydrogens is 186 g/mol. The van der Waals surface area contributed by atoms with Crippen LogP contribution < -0.4 is 0 Å². The number of hydrogen-bond donors (Lipinski definition) is 0. The van der Waals surface area contributed by atoms with E-state index in [0.29, 0.717) is 11.8 Å². The zero-order valence-electron chi connectivity index (χ0n) is 6.46. The molecular formula is C6H12ClNO2S. The fourth-order valence-corrected chi connectivity index (χ4v) is 3.22. The fraction of sp³-hybridized carbons (Fsp3) is 1.00. The number of nitrogens with zero attached hydrogens (tertiary/aromatic N) is 1. The van der Waals surface area contributed by atoms with Gasteiger partial charge in [-0.25, -0.2) is 8.42 Å². The van der Waals surface area contributed by atoms with Gasteiger partial charge >= 0.3 is 0 Å². The summed E-state index contributed by atoms with van der Waals surface area (Å²) < 4.78 is 22.0. The van der Waals surface area contributed by atoms with Gasteiger partial charge < -0.3 is 0 Å². The number of halogens is 1. The van der Waals surface area contributed by atoms with Crippen LogP contribution in [0.15, 0.2) is 0 Å². The van der Waals surface area contributed by atoms with Gasteiger partial charge in [0.05, 0.1) is 17.5 Å². The molecule has 0 aliphatic carbocycles. The van der Waals surface area contributed by atoms with E-state index in [1.807, 2.05) is 11.9 Å². The van der Waals surface area contributed by atoms with Crippen LogP contribution in [0.1, 0.15) is 6.42 Å². The van der Waals surface area contributed by atoms with Crippen LogP contribution in [0.3, 0.4) is 0 Å². The van der Waals surface area contributed by atoms with Gasteiger partial charge in [0.25, 0.3) is 0 Å². The lowest BCUT2D eigenvalue weighted by atomic mass is 10.2. The van der Waals surface area contributed by atoms with Crippen LogP contribution in [0.2, 0.25) is 0 Å². The van der Waals surface area contributed by atoms with E-state index in [0.717, 1.165) is 6.42 Å². The van der Waals surface area contributed by atoms with Crippen molar-refractivity contribution in [2.24, 2.45) is 0 Å². The predicted octanol–water partition coefficient (Wildman–Crippen LogP) is 0.302. The van der Waals surface area contributed by atoms with Gasteiger partial charge in [-0.3, -0.25) is 4.90 Å². The fourth-order valence-electron chi connectivity index (χ4n) is 1.22. The standard InChI is InChI=1S/C6H12ClNO2S/c1-8(5-7)6-2-3-11(9,10)4-6/h6H,2-5H2,1H3. The monoisotopic (exact) mass is 197 g/mol. The van der Waals surface area contributed by atoms with Crippen LogP contribution in [0, 0.1) is 0 Å². The first-order valence-corrected chi connectivity index (χ1v) is 5.87. The molecule has 1 aliphatic heterocycles. The molecule has 5 heteroatoms. The maximum atomic E-state index is 11.0. The third kappa shape index (κ3) is 2.32. The Morgan fingerprint density at radius 1 is 1.64 bits per heavy atom. The molecule has 11 heavy (non-hydrogen) atoms.